The molecule has 2 rings (SSSR count). The number of aromatic nitrogens is 1. The maximum absolute atomic E-state index is 12.1. The fourth-order valence-electron chi connectivity index (χ4n) is 2.04. The Kier molecular flexibility index (Phi) is 4.41. The van der Waals surface area contributed by atoms with E-state index in [1.165, 1.54) is 16.2 Å². The van der Waals surface area contributed by atoms with Crippen molar-refractivity contribution in [3.63, 3.8) is 0 Å². The highest BCUT2D eigenvalue weighted by Crippen LogP contribution is 2.23. The molecule has 1 aliphatic rings. The van der Waals surface area contributed by atoms with Crippen LogP contribution in [0, 0.1) is 6.92 Å². The molecule has 8 heteroatoms. The lowest BCUT2D eigenvalue weighted by molar-refractivity contribution is 0.0910. The van der Waals surface area contributed by atoms with Crippen LogP contribution in [0.2, 0.25) is 0 Å². The van der Waals surface area contributed by atoms with Gasteiger partial charge in [-0.3, -0.25) is 4.79 Å². The standard InChI is InChI=1S/C11H14BrN3O3S/c1-6-8(19-10(12)13-6)9(16)14-7-2-4-15(5-3-7)11(17)18/h7H,2-5H2,1H3,(H,14,16)(H,17,18). The summed E-state index contributed by atoms with van der Waals surface area (Å²) < 4.78 is 0.691. The number of nitrogens with zero attached hydrogens (tertiary/aromatic N) is 2. The first-order valence-corrected chi connectivity index (χ1v) is 7.50. The van der Waals surface area contributed by atoms with Gasteiger partial charge in [-0.05, 0) is 35.7 Å². The van der Waals surface area contributed by atoms with Gasteiger partial charge in [0, 0.05) is 19.1 Å². The molecule has 104 valence electrons. The second-order valence-electron chi connectivity index (χ2n) is 4.40. The molecule has 1 aliphatic heterocycles. The minimum Gasteiger partial charge on any atom is -0.465 e. The molecule has 0 aromatic carbocycles. The summed E-state index contributed by atoms with van der Waals surface area (Å²) in [4.78, 5) is 29.0. The lowest BCUT2D eigenvalue weighted by Crippen LogP contribution is -2.46. The van der Waals surface area contributed by atoms with Gasteiger partial charge in [0.25, 0.3) is 5.91 Å². The highest BCUT2D eigenvalue weighted by atomic mass is 79.9. The molecule has 0 spiro atoms. The molecule has 0 atom stereocenters. The van der Waals surface area contributed by atoms with Crippen molar-refractivity contribution in [3.8, 4) is 0 Å². The van der Waals surface area contributed by atoms with Crippen LogP contribution in [0.4, 0.5) is 4.79 Å². The van der Waals surface area contributed by atoms with Crippen LogP contribution >= 0.6 is 27.3 Å². The second kappa shape index (κ2) is 5.87. The van der Waals surface area contributed by atoms with Gasteiger partial charge < -0.3 is 15.3 Å². The summed E-state index contributed by atoms with van der Waals surface area (Å²) in [5, 5.41) is 11.8. The fourth-order valence-corrected chi connectivity index (χ4v) is 3.49. The molecule has 1 fully saturated rings. The molecular formula is C11H14BrN3O3S. The van der Waals surface area contributed by atoms with E-state index < -0.39 is 6.09 Å². The van der Waals surface area contributed by atoms with Gasteiger partial charge in [0.15, 0.2) is 3.92 Å². The van der Waals surface area contributed by atoms with Gasteiger partial charge in [-0.15, -0.1) is 11.3 Å². The number of carbonyl (C=O) groups is 2. The van der Waals surface area contributed by atoms with Crippen molar-refractivity contribution in [2.45, 2.75) is 25.8 Å². The Labute approximate surface area is 122 Å². The number of carboxylic acid groups (broad SMARTS) is 1. The van der Waals surface area contributed by atoms with Crippen LogP contribution in [0.25, 0.3) is 0 Å². The van der Waals surface area contributed by atoms with E-state index in [4.69, 9.17) is 5.11 Å². The summed E-state index contributed by atoms with van der Waals surface area (Å²) in [5.41, 5.74) is 0.706. The van der Waals surface area contributed by atoms with Crippen LogP contribution in [0.5, 0.6) is 0 Å². The van der Waals surface area contributed by atoms with Crippen LogP contribution in [0.15, 0.2) is 3.92 Å². The second-order valence-corrected chi connectivity index (χ2v) is 6.67. The summed E-state index contributed by atoms with van der Waals surface area (Å²) in [6.45, 7) is 2.72. The van der Waals surface area contributed by atoms with E-state index in [9.17, 15) is 9.59 Å². The number of aryl methyl sites for hydroxylation is 1. The van der Waals surface area contributed by atoms with Crippen LogP contribution in [0.3, 0.4) is 0 Å². The van der Waals surface area contributed by atoms with E-state index in [1.807, 2.05) is 0 Å². The Hall–Kier alpha value is -1.15. The zero-order valence-corrected chi connectivity index (χ0v) is 12.8. The van der Waals surface area contributed by atoms with Crippen molar-refractivity contribution in [2.24, 2.45) is 0 Å². The van der Waals surface area contributed by atoms with Gasteiger partial charge in [0.1, 0.15) is 4.88 Å². The van der Waals surface area contributed by atoms with E-state index in [0.29, 0.717) is 40.4 Å². The van der Waals surface area contributed by atoms with E-state index in [0.717, 1.165) is 0 Å². The Morgan fingerprint density at radius 1 is 1.47 bits per heavy atom. The van der Waals surface area contributed by atoms with E-state index >= 15 is 0 Å². The molecule has 0 saturated carbocycles. The first-order valence-electron chi connectivity index (χ1n) is 5.89. The molecule has 1 aromatic rings. The number of carbonyl (C=O) groups excluding carboxylic acids is 1. The third-order valence-corrected chi connectivity index (χ3v) is 4.69. The monoisotopic (exact) mass is 347 g/mol. The SMILES string of the molecule is Cc1nc(Br)sc1C(=O)NC1CCN(C(=O)O)CC1. The molecule has 0 unspecified atom stereocenters. The van der Waals surface area contributed by atoms with Crippen LogP contribution in [-0.4, -0.2) is 46.1 Å². The number of piperidine rings is 1. The van der Waals surface area contributed by atoms with Crippen molar-refractivity contribution in [3.05, 3.63) is 14.5 Å². The zero-order valence-electron chi connectivity index (χ0n) is 10.4. The highest BCUT2D eigenvalue weighted by Gasteiger charge is 2.24. The number of halogens is 1. The van der Waals surface area contributed by atoms with Crippen molar-refractivity contribution >= 4 is 39.3 Å². The van der Waals surface area contributed by atoms with Crippen LogP contribution in [-0.2, 0) is 0 Å². The molecule has 0 bridgehead atoms. The molecule has 2 heterocycles. The van der Waals surface area contributed by atoms with Crippen molar-refractivity contribution in [1.29, 1.82) is 0 Å². The van der Waals surface area contributed by atoms with Crippen LogP contribution < -0.4 is 5.32 Å². The minimum atomic E-state index is -0.896. The predicted octanol–water partition coefficient (Wildman–Crippen LogP) is 2.09. The molecule has 19 heavy (non-hydrogen) atoms. The largest absolute Gasteiger partial charge is 0.465 e. The zero-order chi connectivity index (χ0) is 14.0. The topological polar surface area (TPSA) is 82.5 Å². The molecule has 2 amide bonds. The summed E-state index contributed by atoms with van der Waals surface area (Å²) in [7, 11) is 0. The van der Waals surface area contributed by atoms with E-state index in [2.05, 4.69) is 26.2 Å². The third kappa shape index (κ3) is 3.44. The van der Waals surface area contributed by atoms with Gasteiger partial charge >= 0.3 is 6.09 Å². The summed E-state index contributed by atoms with van der Waals surface area (Å²) >= 11 is 4.56. The van der Waals surface area contributed by atoms with Crippen molar-refractivity contribution < 1.29 is 14.7 Å². The maximum atomic E-state index is 12.1. The fraction of sp³-hybridized carbons (Fsp3) is 0.545. The van der Waals surface area contributed by atoms with Gasteiger partial charge in [0.05, 0.1) is 5.69 Å². The van der Waals surface area contributed by atoms with Gasteiger partial charge in [-0.2, -0.15) is 0 Å². The maximum Gasteiger partial charge on any atom is 0.407 e. The average Bonchev–Trinajstić information content (AvgIpc) is 2.69. The molecule has 2 N–H and O–H groups in total. The number of thiazole rings is 1. The number of nitrogens with one attached hydrogen (secondary N) is 1. The number of hydrogen-bond donors (Lipinski definition) is 2. The van der Waals surface area contributed by atoms with Crippen molar-refractivity contribution in [1.82, 2.24) is 15.2 Å². The summed E-state index contributed by atoms with van der Waals surface area (Å²) in [5.74, 6) is -0.130. The minimum absolute atomic E-state index is 0.0309. The molecule has 0 radical (unpaired) electrons. The lowest BCUT2D eigenvalue weighted by Gasteiger charge is -2.30. The average molecular weight is 348 g/mol. The first-order chi connectivity index (χ1) is 8.97. The Balaban J connectivity index is 1.91. The predicted molar refractivity (Wildman–Crippen MR) is 74.6 cm³/mol. The number of likely N-dealkylation sites (tertiary alicyclic amines) is 1. The lowest BCUT2D eigenvalue weighted by atomic mass is 10.1. The van der Waals surface area contributed by atoms with Gasteiger partial charge in [-0.25, -0.2) is 9.78 Å². The highest BCUT2D eigenvalue weighted by molar-refractivity contribution is 9.11. The molecule has 0 aliphatic carbocycles. The smallest absolute Gasteiger partial charge is 0.407 e. The van der Waals surface area contributed by atoms with Gasteiger partial charge in [0.2, 0.25) is 0 Å². The number of rotatable bonds is 2. The normalized spacial score (nSPS) is 16.4. The molecular weight excluding hydrogens is 334 g/mol. The first kappa shape index (κ1) is 14.3. The summed E-state index contributed by atoms with van der Waals surface area (Å²) in [6.07, 6.45) is 0.403. The van der Waals surface area contributed by atoms with Gasteiger partial charge in [-0.1, -0.05) is 0 Å². The van der Waals surface area contributed by atoms with E-state index in [-0.39, 0.29) is 11.9 Å². The molecule has 1 aromatic heterocycles. The molecule has 6 nitrogen and oxygen atoms in total. The van der Waals surface area contributed by atoms with E-state index in [1.54, 1.807) is 6.92 Å². The summed E-state index contributed by atoms with van der Waals surface area (Å²) in [6, 6.07) is 0.0309. The third-order valence-electron chi connectivity index (χ3n) is 3.08. The molecule has 1 saturated heterocycles. The Morgan fingerprint density at radius 3 is 2.58 bits per heavy atom. The quantitative estimate of drug-likeness (QED) is 0.857. The van der Waals surface area contributed by atoms with Crippen LogP contribution in [0.1, 0.15) is 28.2 Å². The Bertz CT molecular complexity index is 497. The number of hydrogen-bond acceptors (Lipinski definition) is 4. The Morgan fingerprint density at radius 2 is 2.11 bits per heavy atom. The number of amides is 2. The van der Waals surface area contributed by atoms with Crippen molar-refractivity contribution in [2.75, 3.05) is 13.1 Å².